The number of benzene rings is 2. The highest BCUT2D eigenvalue weighted by atomic mass is 32.2. The lowest BCUT2D eigenvalue weighted by Crippen LogP contribution is -2.16. The number of aromatic nitrogens is 7. The minimum absolute atomic E-state index is 0.127. The Morgan fingerprint density at radius 2 is 1.72 bits per heavy atom. The van der Waals surface area contributed by atoms with Gasteiger partial charge in [0.2, 0.25) is 0 Å². The average molecular weight is 508 g/mol. The first-order valence-electron chi connectivity index (χ1n) is 9.86. The molecule has 0 radical (unpaired) electrons. The van der Waals surface area contributed by atoms with Gasteiger partial charge in [0.15, 0.2) is 17.2 Å². The van der Waals surface area contributed by atoms with Gasteiger partial charge in [-0.3, -0.25) is 24.6 Å². The maximum atomic E-state index is 13.3. The van der Waals surface area contributed by atoms with Gasteiger partial charge in [-0.05, 0) is 59.0 Å². The third-order valence-electron chi connectivity index (χ3n) is 4.92. The summed E-state index contributed by atoms with van der Waals surface area (Å²) in [5, 5.41) is 37.0. The zero-order chi connectivity index (χ0) is 25.4. The van der Waals surface area contributed by atoms with E-state index in [4.69, 9.17) is 4.55 Å². The van der Waals surface area contributed by atoms with Crippen molar-refractivity contribution in [2.75, 3.05) is 0 Å². The maximum Gasteiger partial charge on any atom is 0.301 e. The lowest BCUT2D eigenvalue weighted by molar-refractivity contribution is -0.384. The standard InChI is InChI=1S/C19H12N10O6S/c30-19-18(22-20-12-3-7-14(8-4-12)36(33,34)35)17(11-1-5-13(6-2-11)29(31)32)24-27(19)16-10-9-15-21-25-26-28(15)23-16/h1-10,24H,(H,33,34,35). The van der Waals surface area contributed by atoms with Crippen molar-refractivity contribution in [3.05, 3.63) is 81.1 Å². The number of non-ortho nitro benzene ring substituents is 1. The van der Waals surface area contributed by atoms with E-state index >= 15 is 0 Å². The predicted octanol–water partition coefficient (Wildman–Crippen LogP) is 2.24. The van der Waals surface area contributed by atoms with Crippen LogP contribution in [0.1, 0.15) is 0 Å². The first kappa shape index (κ1) is 22.6. The Morgan fingerprint density at radius 1 is 1.00 bits per heavy atom. The molecule has 0 saturated heterocycles. The number of nitro benzene ring substituents is 1. The molecule has 0 aliphatic carbocycles. The predicted molar refractivity (Wildman–Crippen MR) is 121 cm³/mol. The van der Waals surface area contributed by atoms with Crippen molar-refractivity contribution in [2.45, 2.75) is 4.90 Å². The molecule has 0 aliphatic rings. The lowest BCUT2D eigenvalue weighted by atomic mass is 10.1. The molecule has 180 valence electrons. The molecule has 0 aliphatic heterocycles. The summed E-state index contributed by atoms with van der Waals surface area (Å²) in [6, 6.07) is 13.3. The van der Waals surface area contributed by atoms with Gasteiger partial charge in [-0.15, -0.1) is 19.9 Å². The van der Waals surface area contributed by atoms with Gasteiger partial charge in [-0.2, -0.15) is 18.2 Å². The van der Waals surface area contributed by atoms with Crippen LogP contribution < -0.4 is 5.56 Å². The molecule has 0 amide bonds. The molecule has 3 aromatic heterocycles. The second kappa shape index (κ2) is 8.56. The van der Waals surface area contributed by atoms with E-state index in [1.165, 1.54) is 42.5 Å². The largest absolute Gasteiger partial charge is 0.301 e. The van der Waals surface area contributed by atoms with Gasteiger partial charge in [0, 0.05) is 17.7 Å². The van der Waals surface area contributed by atoms with Crippen LogP contribution in [0, 0.1) is 10.1 Å². The summed E-state index contributed by atoms with van der Waals surface area (Å²) in [4.78, 5) is 23.4. The molecule has 17 heteroatoms. The van der Waals surface area contributed by atoms with Crippen molar-refractivity contribution in [3.63, 3.8) is 0 Å². The Bertz CT molecular complexity index is 1800. The number of nitrogens with zero attached hydrogens (tertiary/aromatic N) is 9. The number of nitrogens with one attached hydrogen (secondary N) is 1. The summed E-state index contributed by atoms with van der Waals surface area (Å²) >= 11 is 0. The third kappa shape index (κ3) is 4.21. The van der Waals surface area contributed by atoms with Crippen molar-refractivity contribution in [1.82, 2.24) is 35.0 Å². The Hall–Kier alpha value is -5.16. The molecule has 0 fully saturated rings. The highest BCUT2D eigenvalue weighted by Gasteiger charge is 2.19. The lowest BCUT2D eigenvalue weighted by Gasteiger charge is -2.01. The van der Waals surface area contributed by atoms with Crippen LogP contribution in [0.2, 0.25) is 0 Å². The summed E-state index contributed by atoms with van der Waals surface area (Å²) in [6.45, 7) is 0. The van der Waals surface area contributed by atoms with Gasteiger partial charge in [0.25, 0.3) is 15.8 Å². The van der Waals surface area contributed by atoms with Crippen molar-refractivity contribution in [3.8, 4) is 17.1 Å². The number of azo groups is 1. The van der Waals surface area contributed by atoms with Gasteiger partial charge >= 0.3 is 5.56 Å². The molecular weight excluding hydrogens is 496 g/mol. The summed E-state index contributed by atoms with van der Waals surface area (Å²) in [6.07, 6.45) is 0. The number of hydrogen-bond acceptors (Lipinski definition) is 11. The summed E-state index contributed by atoms with van der Waals surface area (Å²) in [5.41, 5.74) is 0.179. The van der Waals surface area contributed by atoms with E-state index in [9.17, 15) is 23.3 Å². The number of tetrazole rings is 1. The van der Waals surface area contributed by atoms with Crippen LogP contribution in [-0.2, 0) is 10.1 Å². The monoisotopic (exact) mass is 508 g/mol. The van der Waals surface area contributed by atoms with Crippen LogP contribution in [0.4, 0.5) is 17.1 Å². The van der Waals surface area contributed by atoms with Crippen molar-refractivity contribution < 1.29 is 17.9 Å². The van der Waals surface area contributed by atoms with E-state index in [-0.39, 0.29) is 33.5 Å². The summed E-state index contributed by atoms with van der Waals surface area (Å²) in [7, 11) is -4.39. The minimum Gasteiger partial charge on any atom is -0.286 e. The summed E-state index contributed by atoms with van der Waals surface area (Å²) < 4.78 is 33.8. The molecular formula is C19H12N10O6S. The van der Waals surface area contributed by atoms with Gasteiger partial charge < -0.3 is 0 Å². The molecule has 2 N–H and O–H groups in total. The van der Waals surface area contributed by atoms with Gasteiger partial charge in [0.1, 0.15) is 0 Å². The van der Waals surface area contributed by atoms with E-state index in [0.29, 0.717) is 11.2 Å². The second-order valence-electron chi connectivity index (χ2n) is 7.17. The molecule has 36 heavy (non-hydrogen) atoms. The Morgan fingerprint density at radius 3 is 2.39 bits per heavy atom. The Kier molecular flexibility index (Phi) is 5.38. The molecule has 0 atom stereocenters. The average Bonchev–Trinajstić information content (AvgIpc) is 3.46. The first-order valence-corrected chi connectivity index (χ1v) is 11.3. The summed E-state index contributed by atoms with van der Waals surface area (Å²) in [5.74, 6) is 0.127. The van der Waals surface area contributed by atoms with Crippen molar-refractivity contribution in [1.29, 1.82) is 0 Å². The van der Waals surface area contributed by atoms with Crippen LogP contribution in [-0.4, -0.2) is 52.9 Å². The Labute approximate surface area is 199 Å². The number of H-pyrrole nitrogens is 1. The third-order valence-corrected chi connectivity index (χ3v) is 5.79. The molecule has 5 aromatic rings. The smallest absolute Gasteiger partial charge is 0.286 e. The molecule has 0 spiro atoms. The van der Waals surface area contributed by atoms with Crippen molar-refractivity contribution >= 4 is 32.8 Å². The fourth-order valence-electron chi connectivity index (χ4n) is 3.19. The van der Waals surface area contributed by atoms with Crippen LogP contribution >= 0.6 is 0 Å². The molecule has 5 rings (SSSR count). The quantitative estimate of drug-likeness (QED) is 0.147. The molecule has 0 saturated carbocycles. The molecule has 16 nitrogen and oxygen atoms in total. The van der Waals surface area contributed by atoms with Crippen LogP contribution in [0.3, 0.4) is 0 Å². The topological polar surface area (TPSA) is 216 Å². The number of hydrogen-bond donors (Lipinski definition) is 2. The normalized spacial score (nSPS) is 11.9. The number of aromatic amines is 1. The van der Waals surface area contributed by atoms with Gasteiger partial charge in [0.05, 0.1) is 21.2 Å². The van der Waals surface area contributed by atoms with Gasteiger partial charge in [-0.1, -0.05) is 0 Å². The zero-order valence-corrected chi connectivity index (χ0v) is 18.5. The number of fused-ring (bicyclic) bond motifs is 1. The SMILES string of the molecule is O=c1c(N=Nc2ccc(S(=O)(=O)O)cc2)c(-c2ccc([N+](=O)[O-])cc2)[nH]n1-c1ccc2nnnn2n1. The molecule has 0 unspecified atom stereocenters. The first-order chi connectivity index (χ1) is 17.2. The fourth-order valence-corrected chi connectivity index (χ4v) is 3.67. The minimum atomic E-state index is -4.39. The molecule has 3 heterocycles. The maximum absolute atomic E-state index is 13.3. The molecule has 0 bridgehead atoms. The number of nitro groups is 1. The van der Waals surface area contributed by atoms with Crippen LogP contribution in [0.25, 0.3) is 22.7 Å². The van der Waals surface area contributed by atoms with E-state index in [1.807, 2.05) is 0 Å². The van der Waals surface area contributed by atoms with Crippen molar-refractivity contribution in [2.24, 2.45) is 10.2 Å². The van der Waals surface area contributed by atoms with E-state index in [0.717, 1.165) is 21.4 Å². The fraction of sp³-hybridized carbons (Fsp3) is 0. The zero-order valence-electron chi connectivity index (χ0n) is 17.7. The second-order valence-corrected chi connectivity index (χ2v) is 8.59. The highest BCUT2D eigenvalue weighted by Crippen LogP contribution is 2.29. The molecule has 2 aromatic carbocycles. The Balaban J connectivity index is 1.62. The van der Waals surface area contributed by atoms with E-state index in [1.54, 1.807) is 6.07 Å². The van der Waals surface area contributed by atoms with E-state index < -0.39 is 20.6 Å². The van der Waals surface area contributed by atoms with E-state index in [2.05, 4.69) is 36.0 Å². The number of rotatable bonds is 6. The van der Waals surface area contributed by atoms with Gasteiger partial charge in [-0.25, -0.2) is 0 Å². The highest BCUT2D eigenvalue weighted by molar-refractivity contribution is 7.85. The van der Waals surface area contributed by atoms with Crippen LogP contribution in [0.15, 0.2) is 80.6 Å². The van der Waals surface area contributed by atoms with Crippen LogP contribution in [0.5, 0.6) is 0 Å².